The molecule has 0 atom stereocenters. The van der Waals surface area contributed by atoms with Crippen molar-refractivity contribution in [1.82, 2.24) is 10.2 Å². The summed E-state index contributed by atoms with van der Waals surface area (Å²) in [5.74, 6) is 0.352. The smallest absolute Gasteiger partial charge is 0.223 e. The minimum Gasteiger partial charge on any atom is -0.369 e. The van der Waals surface area contributed by atoms with Crippen LogP contribution in [0.15, 0.2) is 24.3 Å². The number of nitrogens with one attached hydrogen (secondary N) is 1. The number of anilines is 2. The second-order valence-electron chi connectivity index (χ2n) is 7.43. The number of piperazine rings is 1. The molecule has 0 aromatic heterocycles. The lowest BCUT2D eigenvalue weighted by atomic mass is 10.1. The molecule has 6 nitrogen and oxygen atoms in total. The van der Waals surface area contributed by atoms with Gasteiger partial charge in [0.15, 0.2) is 0 Å². The highest BCUT2D eigenvalue weighted by molar-refractivity contribution is 5.91. The number of rotatable bonds is 7. The Bertz CT molecular complexity index is 592. The predicted octanol–water partition coefficient (Wildman–Crippen LogP) is 1.95. The van der Waals surface area contributed by atoms with E-state index in [4.69, 9.17) is 0 Å². The highest BCUT2D eigenvalue weighted by Crippen LogP contribution is 2.22. The maximum absolute atomic E-state index is 12.0. The van der Waals surface area contributed by atoms with Gasteiger partial charge in [-0.2, -0.15) is 0 Å². The van der Waals surface area contributed by atoms with Crippen molar-refractivity contribution in [2.75, 3.05) is 56.1 Å². The zero-order valence-electron chi connectivity index (χ0n) is 16.5. The van der Waals surface area contributed by atoms with Crippen molar-refractivity contribution in [2.24, 2.45) is 5.92 Å². The van der Waals surface area contributed by atoms with Gasteiger partial charge in [0.1, 0.15) is 0 Å². The third-order valence-electron chi connectivity index (χ3n) is 4.66. The molecule has 144 valence electrons. The molecule has 2 rings (SSSR count). The molecule has 0 unspecified atom stereocenters. The van der Waals surface area contributed by atoms with E-state index in [9.17, 15) is 9.59 Å². The van der Waals surface area contributed by atoms with Crippen molar-refractivity contribution in [3.8, 4) is 0 Å². The summed E-state index contributed by atoms with van der Waals surface area (Å²) in [6.07, 6.45) is 0.514. The molecule has 6 heteroatoms. The van der Waals surface area contributed by atoms with Crippen LogP contribution in [0.4, 0.5) is 11.4 Å². The molecule has 0 aliphatic carbocycles. The predicted molar refractivity (Wildman–Crippen MR) is 107 cm³/mol. The van der Waals surface area contributed by atoms with Crippen LogP contribution >= 0.6 is 0 Å². The van der Waals surface area contributed by atoms with Crippen molar-refractivity contribution < 1.29 is 9.59 Å². The minimum atomic E-state index is -0.0181. The second-order valence-corrected chi connectivity index (χ2v) is 7.43. The largest absolute Gasteiger partial charge is 0.369 e. The molecule has 0 spiro atoms. The molecular weight excluding hydrogens is 328 g/mol. The van der Waals surface area contributed by atoms with Crippen LogP contribution in [0.25, 0.3) is 0 Å². The molecule has 0 radical (unpaired) electrons. The number of carbonyl (C=O) groups excluding carboxylic acids is 2. The Morgan fingerprint density at radius 1 is 1.12 bits per heavy atom. The van der Waals surface area contributed by atoms with E-state index in [0.29, 0.717) is 25.4 Å². The number of likely N-dealkylation sites (N-methyl/N-ethyl adjacent to an activating group) is 1. The topological polar surface area (TPSA) is 55.9 Å². The Labute approximate surface area is 157 Å². The SMILES string of the molecule is CC(=O)N(CCNC(=O)CC(C)C)c1ccc(N2CCN(C)CC2)cc1. The van der Waals surface area contributed by atoms with Crippen LogP contribution in [0.3, 0.4) is 0 Å². The van der Waals surface area contributed by atoms with Crippen LogP contribution < -0.4 is 15.1 Å². The first-order valence-electron chi connectivity index (χ1n) is 9.45. The van der Waals surface area contributed by atoms with E-state index in [1.807, 2.05) is 26.0 Å². The molecule has 1 N–H and O–H groups in total. The first-order chi connectivity index (χ1) is 12.4. The first kappa shape index (κ1) is 20.2. The average Bonchev–Trinajstić information content (AvgIpc) is 2.59. The zero-order valence-corrected chi connectivity index (χ0v) is 16.5. The Hall–Kier alpha value is -2.08. The molecular formula is C20H32N4O2. The van der Waals surface area contributed by atoms with Gasteiger partial charge in [-0.1, -0.05) is 13.8 Å². The Kier molecular flexibility index (Phi) is 7.45. The number of hydrogen-bond acceptors (Lipinski definition) is 4. The van der Waals surface area contributed by atoms with E-state index >= 15 is 0 Å². The van der Waals surface area contributed by atoms with Crippen molar-refractivity contribution in [3.63, 3.8) is 0 Å². The molecule has 1 aromatic carbocycles. The molecule has 1 aromatic rings. The van der Waals surface area contributed by atoms with Crippen molar-refractivity contribution >= 4 is 23.2 Å². The van der Waals surface area contributed by atoms with Crippen LogP contribution in [-0.2, 0) is 9.59 Å². The number of amides is 2. The van der Waals surface area contributed by atoms with Crippen molar-refractivity contribution in [1.29, 1.82) is 0 Å². The fourth-order valence-corrected chi connectivity index (χ4v) is 3.13. The normalized spacial score (nSPS) is 15.2. The number of hydrogen-bond donors (Lipinski definition) is 1. The summed E-state index contributed by atoms with van der Waals surface area (Å²) in [6, 6.07) is 8.14. The van der Waals surface area contributed by atoms with Crippen LogP contribution in [0.1, 0.15) is 27.2 Å². The first-order valence-corrected chi connectivity index (χ1v) is 9.45. The lowest BCUT2D eigenvalue weighted by Crippen LogP contribution is -2.44. The van der Waals surface area contributed by atoms with Crippen LogP contribution in [-0.4, -0.2) is 63.0 Å². The van der Waals surface area contributed by atoms with E-state index in [0.717, 1.165) is 31.9 Å². The Morgan fingerprint density at radius 2 is 1.73 bits per heavy atom. The van der Waals surface area contributed by atoms with Gasteiger partial charge in [0, 0.05) is 64.0 Å². The number of benzene rings is 1. The molecule has 1 saturated heterocycles. The molecule has 1 fully saturated rings. The standard InChI is InChI=1S/C20H32N4O2/c1-16(2)15-20(26)21-9-10-24(17(3)25)19-7-5-18(6-8-19)23-13-11-22(4)12-14-23/h5-8,16H,9-15H2,1-4H3,(H,21,26). The third-order valence-corrected chi connectivity index (χ3v) is 4.66. The summed E-state index contributed by atoms with van der Waals surface area (Å²) in [5, 5.41) is 2.89. The average molecular weight is 361 g/mol. The van der Waals surface area contributed by atoms with Crippen LogP contribution in [0.2, 0.25) is 0 Å². The van der Waals surface area contributed by atoms with Gasteiger partial charge in [-0.15, -0.1) is 0 Å². The van der Waals surface area contributed by atoms with Crippen LogP contribution in [0.5, 0.6) is 0 Å². The lowest BCUT2D eigenvalue weighted by Gasteiger charge is -2.34. The monoisotopic (exact) mass is 360 g/mol. The van der Waals surface area contributed by atoms with Gasteiger partial charge in [-0.3, -0.25) is 9.59 Å². The van der Waals surface area contributed by atoms with Gasteiger partial charge in [0.05, 0.1) is 0 Å². The van der Waals surface area contributed by atoms with E-state index in [2.05, 4.69) is 34.3 Å². The number of carbonyl (C=O) groups is 2. The van der Waals surface area contributed by atoms with E-state index in [1.165, 1.54) is 5.69 Å². The van der Waals surface area contributed by atoms with Gasteiger partial charge in [-0.05, 0) is 37.2 Å². The summed E-state index contributed by atoms with van der Waals surface area (Å²) in [6.45, 7) is 10.7. The molecule has 0 bridgehead atoms. The third kappa shape index (κ3) is 6.02. The molecule has 1 aliphatic heterocycles. The highest BCUT2D eigenvalue weighted by atomic mass is 16.2. The molecule has 26 heavy (non-hydrogen) atoms. The fraction of sp³-hybridized carbons (Fsp3) is 0.600. The summed E-state index contributed by atoms with van der Waals surface area (Å²) in [4.78, 5) is 30.2. The van der Waals surface area contributed by atoms with E-state index in [1.54, 1.807) is 11.8 Å². The zero-order chi connectivity index (χ0) is 19.1. The lowest BCUT2D eigenvalue weighted by molar-refractivity contribution is -0.122. The summed E-state index contributed by atoms with van der Waals surface area (Å²) in [5.41, 5.74) is 2.06. The molecule has 0 saturated carbocycles. The maximum atomic E-state index is 12.0. The highest BCUT2D eigenvalue weighted by Gasteiger charge is 2.16. The van der Waals surface area contributed by atoms with Crippen molar-refractivity contribution in [3.05, 3.63) is 24.3 Å². The van der Waals surface area contributed by atoms with Gasteiger partial charge in [0.25, 0.3) is 0 Å². The summed E-state index contributed by atoms with van der Waals surface area (Å²) in [7, 11) is 2.14. The fourth-order valence-electron chi connectivity index (χ4n) is 3.13. The van der Waals surface area contributed by atoms with Gasteiger partial charge in [-0.25, -0.2) is 0 Å². The van der Waals surface area contributed by atoms with E-state index in [-0.39, 0.29) is 11.8 Å². The molecule has 2 amide bonds. The Morgan fingerprint density at radius 3 is 2.27 bits per heavy atom. The molecule has 1 aliphatic rings. The van der Waals surface area contributed by atoms with Crippen LogP contribution in [0, 0.1) is 5.92 Å². The van der Waals surface area contributed by atoms with Gasteiger partial charge >= 0.3 is 0 Å². The number of nitrogens with zero attached hydrogens (tertiary/aromatic N) is 3. The van der Waals surface area contributed by atoms with Crippen molar-refractivity contribution in [2.45, 2.75) is 27.2 Å². The Balaban J connectivity index is 1.92. The van der Waals surface area contributed by atoms with E-state index < -0.39 is 0 Å². The van der Waals surface area contributed by atoms with Gasteiger partial charge in [0.2, 0.25) is 11.8 Å². The summed E-state index contributed by atoms with van der Waals surface area (Å²) >= 11 is 0. The maximum Gasteiger partial charge on any atom is 0.223 e. The summed E-state index contributed by atoms with van der Waals surface area (Å²) < 4.78 is 0. The quantitative estimate of drug-likeness (QED) is 0.808. The second kappa shape index (κ2) is 9.57. The van der Waals surface area contributed by atoms with Gasteiger partial charge < -0.3 is 20.0 Å². The minimum absolute atomic E-state index is 0.0181. The molecule has 1 heterocycles.